The third kappa shape index (κ3) is 4.08. The fraction of sp³-hybridized carbons (Fsp3) is 0.318. The van der Waals surface area contributed by atoms with Crippen molar-refractivity contribution in [1.29, 1.82) is 0 Å². The van der Waals surface area contributed by atoms with Gasteiger partial charge in [0, 0.05) is 5.69 Å². The summed E-state index contributed by atoms with van der Waals surface area (Å²) in [6, 6.07) is 10.4. The van der Waals surface area contributed by atoms with Crippen LogP contribution < -0.4 is 15.4 Å². The molecule has 1 aliphatic carbocycles. The summed E-state index contributed by atoms with van der Waals surface area (Å²) in [5.41, 5.74) is 2.05. The minimum absolute atomic E-state index is 0.0651. The quantitative estimate of drug-likeness (QED) is 0.691. The average Bonchev–Trinajstić information content (AvgIpc) is 3.26. The van der Waals surface area contributed by atoms with Crippen LogP contribution >= 0.6 is 0 Å². The Balaban J connectivity index is 1.44. The molecule has 1 atom stereocenters. The van der Waals surface area contributed by atoms with Crippen LogP contribution in [0.3, 0.4) is 0 Å². The molecule has 2 aromatic carbocycles. The van der Waals surface area contributed by atoms with E-state index in [9.17, 15) is 23.2 Å². The van der Waals surface area contributed by atoms with Crippen LogP contribution in [0.25, 0.3) is 0 Å². The third-order valence-corrected chi connectivity index (χ3v) is 5.62. The fourth-order valence-electron chi connectivity index (χ4n) is 4.00. The van der Waals surface area contributed by atoms with E-state index in [2.05, 4.69) is 15.4 Å². The van der Waals surface area contributed by atoms with Gasteiger partial charge in [0.1, 0.15) is 17.8 Å². The molecule has 0 saturated carbocycles. The standard InChI is InChI=1S/C22H21F2N3O4/c1-22(15-6-9-17(10-7-15)31-20(23)24)19(29)27(21(30)26-22)12-18(28)25-16-8-5-13-3-2-4-14(13)11-16/h5-11,20H,2-4,12H2,1H3,(H,25,28)(H,26,30). The summed E-state index contributed by atoms with van der Waals surface area (Å²) in [7, 11) is 0. The molecule has 2 aromatic rings. The van der Waals surface area contributed by atoms with Gasteiger partial charge in [-0.05, 0) is 67.1 Å². The van der Waals surface area contributed by atoms with Crippen molar-refractivity contribution in [3.63, 3.8) is 0 Å². The Hall–Kier alpha value is -3.49. The normalized spacial score (nSPS) is 20.1. The fourth-order valence-corrected chi connectivity index (χ4v) is 4.00. The van der Waals surface area contributed by atoms with Crippen molar-refractivity contribution >= 4 is 23.5 Å². The highest BCUT2D eigenvalue weighted by Crippen LogP contribution is 2.30. The van der Waals surface area contributed by atoms with Crippen molar-refractivity contribution in [2.24, 2.45) is 0 Å². The first kappa shape index (κ1) is 20.8. The minimum Gasteiger partial charge on any atom is -0.435 e. The lowest BCUT2D eigenvalue weighted by atomic mass is 9.92. The Morgan fingerprint density at radius 3 is 2.58 bits per heavy atom. The van der Waals surface area contributed by atoms with E-state index < -0.39 is 36.5 Å². The molecule has 1 unspecified atom stereocenters. The largest absolute Gasteiger partial charge is 0.435 e. The van der Waals surface area contributed by atoms with Crippen LogP contribution in [0.4, 0.5) is 19.3 Å². The number of fused-ring (bicyclic) bond motifs is 1. The van der Waals surface area contributed by atoms with Crippen molar-refractivity contribution in [3.8, 4) is 5.75 Å². The van der Waals surface area contributed by atoms with Crippen LogP contribution in [0.5, 0.6) is 5.75 Å². The first-order valence-electron chi connectivity index (χ1n) is 9.87. The lowest BCUT2D eigenvalue weighted by molar-refractivity contribution is -0.133. The Morgan fingerprint density at radius 2 is 1.87 bits per heavy atom. The van der Waals surface area contributed by atoms with Gasteiger partial charge in [0.25, 0.3) is 5.91 Å². The number of rotatable bonds is 6. The van der Waals surface area contributed by atoms with Crippen LogP contribution in [0.2, 0.25) is 0 Å². The van der Waals surface area contributed by atoms with Crippen LogP contribution in [0, 0.1) is 0 Å². The summed E-state index contributed by atoms with van der Waals surface area (Å²) in [5.74, 6) is -1.17. The van der Waals surface area contributed by atoms with Gasteiger partial charge in [0.2, 0.25) is 5.91 Å². The third-order valence-electron chi connectivity index (χ3n) is 5.62. The Morgan fingerprint density at radius 1 is 1.16 bits per heavy atom. The van der Waals surface area contributed by atoms with Crippen molar-refractivity contribution in [2.45, 2.75) is 38.3 Å². The number of amides is 4. The Bertz CT molecular complexity index is 1040. The topological polar surface area (TPSA) is 87.7 Å². The molecule has 0 spiro atoms. The first-order valence-corrected chi connectivity index (χ1v) is 9.87. The predicted molar refractivity (Wildman–Crippen MR) is 108 cm³/mol. The number of halogens is 2. The lowest BCUT2D eigenvalue weighted by Gasteiger charge is -2.22. The van der Waals surface area contributed by atoms with E-state index in [-0.39, 0.29) is 5.75 Å². The SMILES string of the molecule is CC1(c2ccc(OC(F)F)cc2)NC(=O)N(CC(=O)Nc2ccc3c(c2)CCC3)C1=O. The molecule has 7 nitrogen and oxygen atoms in total. The molecule has 2 aliphatic rings. The maximum absolute atomic E-state index is 13.0. The number of imide groups is 1. The number of alkyl halides is 2. The van der Waals surface area contributed by atoms with Gasteiger partial charge in [-0.25, -0.2) is 4.79 Å². The zero-order valence-corrected chi connectivity index (χ0v) is 16.8. The molecular formula is C22H21F2N3O4. The molecule has 9 heteroatoms. The van der Waals surface area contributed by atoms with E-state index >= 15 is 0 Å². The number of nitrogens with zero attached hydrogens (tertiary/aromatic N) is 1. The molecule has 0 bridgehead atoms. The van der Waals surface area contributed by atoms with Gasteiger partial charge in [-0.3, -0.25) is 14.5 Å². The molecule has 4 rings (SSSR count). The number of urea groups is 1. The van der Waals surface area contributed by atoms with Crippen molar-refractivity contribution in [1.82, 2.24) is 10.2 Å². The van der Waals surface area contributed by atoms with Crippen LogP contribution in [-0.2, 0) is 28.0 Å². The highest BCUT2D eigenvalue weighted by Gasteiger charge is 2.49. The number of nitrogens with one attached hydrogen (secondary N) is 2. The van der Waals surface area contributed by atoms with E-state index in [1.807, 2.05) is 12.1 Å². The first-order chi connectivity index (χ1) is 14.8. The van der Waals surface area contributed by atoms with E-state index in [1.165, 1.54) is 42.3 Å². The lowest BCUT2D eigenvalue weighted by Crippen LogP contribution is -2.42. The van der Waals surface area contributed by atoms with E-state index in [1.54, 1.807) is 6.07 Å². The van der Waals surface area contributed by atoms with Crippen molar-refractivity contribution in [2.75, 3.05) is 11.9 Å². The maximum Gasteiger partial charge on any atom is 0.387 e. The van der Waals surface area contributed by atoms with E-state index in [0.29, 0.717) is 11.3 Å². The van der Waals surface area contributed by atoms with Gasteiger partial charge in [-0.1, -0.05) is 18.2 Å². The minimum atomic E-state index is -2.96. The smallest absolute Gasteiger partial charge is 0.387 e. The summed E-state index contributed by atoms with van der Waals surface area (Å²) in [6.07, 6.45) is 3.08. The second-order valence-corrected chi connectivity index (χ2v) is 7.73. The number of aryl methyl sites for hydroxylation is 2. The highest BCUT2D eigenvalue weighted by molar-refractivity contribution is 6.10. The summed E-state index contributed by atoms with van der Waals surface area (Å²) >= 11 is 0. The van der Waals surface area contributed by atoms with E-state index in [4.69, 9.17) is 0 Å². The molecule has 2 N–H and O–H groups in total. The highest BCUT2D eigenvalue weighted by atomic mass is 19.3. The van der Waals surface area contributed by atoms with Crippen LogP contribution in [0.1, 0.15) is 30.0 Å². The Kier molecular flexibility index (Phi) is 5.34. The maximum atomic E-state index is 13.0. The number of anilines is 1. The van der Waals surface area contributed by atoms with Gasteiger partial charge < -0.3 is 15.4 Å². The number of ether oxygens (including phenoxy) is 1. The zero-order chi connectivity index (χ0) is 22.2. The number of benzene rings is 2. The van der Waals surface area contributed by atoms with E-state index in [0.717, 1.165) is 24.2 Å². The van der Waals surface area contributed by atoms with Crippen LogP contribution in [0.15, 0.2) is 42.5 Å². The zero-order valence-electron chi connectivity index (χ0n) is 16.8. The second-order valence-electron chi connectivity index (χ2n) is 7.73. The van der Waals surface area contributed by atoms with Gasteiger partial charge in [0.05, 0.1) is 0 Å². The van der Waals surface area contributed by atoms with Crippen molar-refractivity contribution < 1.29 is 27.9 Å². The molecule has 1 saturated heterocycles. The summed E-state index contributed by atoms with van der Waals surface area (Å²) in [4.78, 5) is 38.7. The predicted octanol–water partition coefficient (Wildman–Crippen LogP) is 3.18. The van der Waals surface area contributed by atoms with Crippen LogP contribution in [-0.4, -0.2) is 35.9 Å². The molecule has 1 aliphatic heterocycles. The number of hydrogen-bond acceptors (Lipinski definition) is 4. The van der Waals surface area contributed by atoms with Gasteiger partial charge >= 0.3 is 12.6 Å². The molecule has 0 aromatic heterocycles. The number of carbonyl (C=O) groups is 3. The van der Waals surface area contributed by atoms with Gasteiger partial charge in [-0.2, -0.15) is 8.78 Å². The summed E-state index contributed by atoms with van der Waals surface area (Å²) in [6.45, 7) is -1.91. The molecule has 4 amide bonds. The summed E-state index contributed by atoms with van der Waals surface area (Å²) in [5, 5.41) is 5.31. The van der Waals surface area contributed by atoms with Crippen molar-refractivity contribution in [3.05, 3.63) is 59.2 Å². The molecule has 1 heterocycles. The van der Waals surface area contributed by atoms with Gasteiger partial charge in [0.15, 0.2) is 0 Å². The Labute approximate surface area is 177 Å². The monoisotopic (exact) mass is 429 g/mol. The molecule has 162 valence electrons. The molecule has 0 radical (unpaired) electrons. The molecular weight excluding hydrogens is 408 g/mol. The van der Waals surface area contributed by atoms with Gasteiger partial charge in [-0.15, -0.1) is 0 Å². The molecule has 31 heavy (non-hydrogen) atoms. The summed E-state index contributed by atoms with van der Waals surface area (Å²) < 4.78 is 29.0. The average molecular weight is 429 g/mol. The number of hydrogen-bond donors (Lipinski definition) is 2. The number of carbonyl (C=O) groups excluding carboxylic acids is 3. The second kappa shape index (κ2) is 7.98. The molecule has 1 fully saturated rings.